The Balaban J connectivity index is 1.35. The van der Waals surface area contributed by atoms with E-state index in [1.54, 1.807) is 24.4 Å². The summed E-state index contributed by atoms with van der Waals surface area (Å²) in [4.78, 5) is 19.8. The Kier molecular flexibility index (Phi) is 5.03. The summed E-state index contributed by atoms with van der Waals surface area (Å²) in [7, 11) is 0. The van der Waals surface area contributed by atoms with Crippen molar-refractivity contribution in [3.63, 3.8) is 0 Å². The first kappa shape index (κ1) is 18.7. The van der Waals surface area contributed by atoms with Gasteiger partial charge in [-0.25, -0.2) is 19.4 Å². The zero-order valence-corrected chi connectivity index (χ0v) is 15.7. The second kappa shape index (κ2) is 7.79. The number of nitrogens with zero attached hydrogens (tertiary/aromatic N) is 5. The number of pyridine rings is 1. The van der Waals surface area contributed by atoms with Gasteiger partial charge >= 0.3 is 5.97 Å². The van der Waals surface area contributed by atoms with Crippen molar-refractivity contribution in [2.75, 3.05) is 6.54 Å². The fourth-order valence-electron chi connectivity index (χ4n) is 3.27. The van der Waals surface area contributed by atoms with Crippen molar-refractivity contribution in [2.24, 2.45) is 0 Å². The van der Waals surface area contributed by atoms with Crippen LogP contribution in [-0.4, -0.2) is 37.4 Å². The van der Waals surface area contributed by atoms with Gasteiger partial charge in [0.25, 0.3) is 5.82 Å². The van der Waals surface area contributed by atoms with E-state index >= 15 is 0 Å². The molecular weight excluding hydrogens is 372 g/mol. The quantitative estimate of drug-likeness (QED) is 0.604. The fourth-order valence-corrected chi connectivity index (χ4v) is 3.27. The van der Waals surface area contributed by atoms with E-state index in [0.717, 1.165) is 22.3 Å². The second-order valence-corrected chi connectivity index (χ2v) is 6.68. The highest BCUT2D eigenvalue weighted by atomic mass is 16.5. The van der Waals surface area contributed by atoms with Crippen molar-refractivity contribution in [3.8, 4) is 11.9 Å². The van der Waals surface area contributed by atoms with Gasteiger partial charge in [-0.05, 0) is 35.7 Å². The summed E-state index contributed by atoms with van der Waals surface area (Å²) < 4.78 is 6.49. The summed E-state index contributed by atoms with van der Waals surface area (Å²) in [5, 5.41) is 26.5. The molecule has 0 radical (unpaired) electrons. The average Bonchev–Trinajstić information content (AvgIpc) is 3.36. The van der Waals surface area contributed by atoms with Gasteiger partial charge in [-0.15, -0.1) is 5.10 Å². The van der Waals surface area contributed by atoms with Crippen molar-refractivity contribution in [2.45, 2.75) is 26.2 Å². The lowest BCUT2D eigenvalue weighted by Gasteiger charge is -2.16. The van der Waals surface area contributed by atoms with Crippen LogP contribution in [0.1, 0.15) is 44.5 Å². The molecule has 0 bridgehead atoms. The maximum absolute atomic E-state index is 11.6. The lowest BCUT2D eigenvalue weighted by atomic mass is 9.95. The summed E-state index contributed by atoms with van der Waals surface area (Å²) in [6, 6.07) is 9.03. The van der Waals surface area contributed by atoms with E-state index < -0.39 is 6.10 Å². The summed E-state index contributed by atoms with van der Waals surface area (Å²) in [6.45, 7) is 3.03. The maximum Gasteiger partial charge on any atom is 0.338 e. The number of aliphatic hydroxyl groups excluding tert-OH is 1. The Morgan fingerprint density at radius 1 is 1.34 bits per heavy atom. The van der Waals surface area contributed by atoms with E-state index in [9.17, 15) is 9.90 Å². The molecule has 146 valence electrons. The van der Waals surface area contributed by atoms with E-state index in [2.05, 4.69) is 20.4 Å². The van der Waals surface area contributed by atoms with Gasteiger partial charge in [0.2, 0.25) is 0 Å². The van der Waals surface area contributed by atoms with Crippen LogP contribution in [0.4, 0.5) is 0 Å². The molecule has 0 saturated carbocycles. The van der Waals surface area contributed by atoms with Crippen LogP contribution >= 0.6 is 0 Å². The zero-order valence-electron chi connectivity index (χ0n) is 15.7. The monoisotopic (exact) mass is 390 g/mol. The number of aliphatic hydroxyl groups is 1. The number of benzene rings is 1. The van der Waals surface area contributed by atoms with Crippen LogP contribution in [0, 0.1) is 18.3 Å². The first-order valence-corrected chi connectivity index (χ1v) is 9.02. The van der Waals surface area contributed by atoms with Gasteiger partial charge < -0.3 is 15.2 Å². The van der Waals surface area contributed by atoms with Crippen LogP contribution in [-0.2, 0) is 17.9 Å². The molecule has 0 fully saturated rings. The molecule has 0 spiro atoms. The molecule has 0 amide bonds. The normalized spacial score (nSPS) is 13.6. The minimum absolute atomic E-state index is 0.0873. The van der Waals surface area contributed by atoms with Crippen molar-refractivity contribution in [3.05, 3.63) is 70.4 Å². The van der Waals surface area contributed by atoms with Gasteiger partial charge in [0, 0.05) is 24.8 Å². The number of nitrogens with one attached hydrogen (secondary N) is 1. The Morgan fingerprint density at radius 3 is 2.93 bits per heavy atom. The molecule has 1 aromatic carbocycles. The molecule has 9 nitrogen and oxygen atoms in total. The highest BCUT2D eigenvalue weighted by Gasteiger charge is 2.25. The third-order valence-corrected chi connectivity index (χ3v) is 4.87. The molecule has 1 unspecified atom stereocenters. The molecule has 1 aliphatic rings. The zero-order chi connectivity index (χ0) is 20.4. The van der Waals surface area contributed by atoms with Crippen LogP contribution < -0.4 is 5.32 Å². The van der Waals surface area contributed by atoms with Gasteiger partial charge in [-0.3, -0.25) is 0 Å². The summed E-state index contributed by atoms with van der Waals surface area (Å²) in [5.74, 6) is 0.338. The number of carbonyl (C=O) groups is 1. The van der Waals surface area contributed by atoms with Gasteiger partial charge in [0.1, 0.15) is 19.0 Å². The first-order valence-electron chi connectivity index (χ1n) is 9.02. The minimum Gasteiger partial charge on any atom is -0.457 e. The Bertz CT molecular complexity index is 1100. The highest BCUT2D eigenvalue weighted by Crippen LogP contribution is 2.28. The topological polar surface area (TPSA) is 126 Å². The maximum atomic E-state index is 11.6. The number of hydrogen-bond acceptors (Lipinski definition) is 8. The lowest BCUT2D eigenvalue weighted by Crippen LogP contribution is -2.22. The van der Waals surface area contributed by atoms with Crippen molar-refractivity contribution in [1.29, 1.82) is 5.26 Å². The number of nitriles is 1. The molecule has 2 N–H and O–H groups in total. The summed E-state index contributed by atoms with van der Waals surface area (Å²) in [5.41, 5.74) is 4.03. The standard InChI is InChI=1S/C20H18N6O3/c1-12-14(3-4-15-16(12)10-29-20(15)28)17(27)9-22-7-13-2-5-19(23-8-13)26-11-24-18(6-21)25-26/h2-5,8,11,17,22,27H,7,9-10H2,1H3. The molecule has 29 heavy (non-hydrogen) atoms. The number of hydrogen-bond donors (Lipinski definition) is 2. The van der Waals surface area contributed by atoms with Gasteiger partial charge in [0.05, 0.1) is 11.7 Å². The van der Waals surface area contributed by atoms with E-state index in [-0.39, 0.29) is 18.4 Å². The summed E-state index contributed by atoms with van der Waals surface area (Å²) >= 11 is 0. The predicted octanol–water partition coefficient (Wildman–Crippen LogP) is 1.34. The molecule has 4 rings (SSSR count). The number of ether oxygens (including phenoxy) is 1. The number of aromatic nitrogens is 4. The Labute approximate surface area is 166 Å². The molecule has 3 heterocycles. The SMILES string of the molecule is Cc1c(C(O)CNCc2ccc(-n3cnc(C#N)n3)nc2)ccc2c1COC2=O. The van der Waals surface area contributed by atoms with Crippen LogP contribution in [0.25, 0.3) is 5.82 Å². The number of esters is 1. The lowest BCUT2D eigenvalue weighted by molar-refractivity contribution is 0.0535. The Hall–Kier alpha value is -3.61. The number of cyclic esters (lactones) is 1. The van der Waals surface area contributed by atoms with Crippen LogP contribution in [0.3, 0.4) is 0 Å². The Morgan fingerprint density at radius 2 is 2.21 bits per heavy atom. The molecule has 2 aromatic heterocycles. The number of fused-ring (bicyclic) bond motifs is 1. The predicted molar refractivity (Wildman–Crippen MR) is 101 cm³/mol. The molecule has 9 heteroatoms. The number of carbonyl (C=O) groups excluding carboxylic acids is 1. The molecule has 0 aliphatic carbocycles. The molecule has 1 aliphatic heterocycles. The largest absolute Gasteiger partial charge is 0.457 e. The smallest absolute Gasteiger partial charge is 0.338 e. The minimum atomic E-state index is -0.706. The van der Waals surface area contributed by atoms with E-state index in [1.165, 1.54) is 11.0 Å². The van der Waals surface area contributed by atoms with E-state index in [4.69, 9.17) is 10.00 Å². The van der Waals surface area contributed by atoms with E-state index in [0.29, 0.717) is 24.5 Å². The van der Waals surface area contributed by atoms with Crippen molar-refractivity contribution < 1.29 is 14.6 Å². The third-order valence-electron chi connectivity index (χ3n) is 4.87. The van der Waals surface area contributed by atoms with Crippen LogP contribution in [0.2, 0.25) is 0 Å². The van der Waals surface area contributed by atoms with Crippen LogP contribution in [0.5, 0.6) is 0 Å². The van der Waals surface area contributed by atoms with Gasteiger partial charge in [-0.1, -0.05) is 12.1 Å². The average molecular weight is 390 g/mol. The molecule has 1 atom stereocenters. The van der Waals surface area contributed by atoms with Crippen molar-refractivity contribution in [1.82, 2.24) is 25.1 Å². The third kappa shape index (κ3) is 3.71. The van der Waals surface area contributed by atoms with Crippen molar-refractivity contribution >= 4 is 5.97 Å². The first-order chi connectivity index (χ1) is 14.1. The molecule has 0 saturated heterocycles. The second-order valence-electron chi connectivity index (χ2n) is 6.68. The summed E-state index contributed by atoms with van der Waals surface area (Å²) in [6.07, 6.45) is 2.43. The van der Waals surface area contributed by atoms with Crippen LogP contribution in [0.15, 0.2) is 36.8 Å². The number of rotatable bonds is 6. The fraction of sp³-hybridized carbons (Fsp3) is 0.250. The molecular formula is C20H18N6O3. The highest BCUT2D eigenvalue weighted by molar-refractivity contribution is 5.93. The van der Waals surface area contributed by atoms with Gasteiger partial charge in [0.15, 0.2) is 5.82 Å². The van der Waals surface area contributed by atoms with E-state index in [1.807, 2.05) is 19.1 Å². The van der Waals surface area contributed by atoms with Gasteiger partial charge in [-0.2, -0.15) is 5.26 Å². The molecule has 3 aromatic rings.